The number of nitrogens with two attached hydrogens (primary N) is 1. The third-order valence-corrected chi connectivity index (χ3v) is 2.81. The van der Waals surface area contributed by atoms with E-state index in [1.807, 2.05) is 0 Å². The Morgan fingerprint density at radius 2 is 2.10 bits per heavy atom. The minimum absolute atomic E-state index is 0.552. The van der Waals surface area contributed by atoms with Crippen LogP contribution in [0.2, 0.25) is 0 Å². The molecule has 0 amide bonds. The smallest absolute Gasteiger partial charge is 0.00738 e. The molecule has 56 valence electrons. The third-order valence-electron chi connectivity index (χ3n) is 2.81. The van der Waals surface area contributed by atoms with Gasteiger partial charge in [-0.15, -0.1) is 0 Å². The Hall–Kier alpha value is -0.300. The van der Waals surface area contributed by atoms with Crippen LogP contribution in [0.25, 0.3) is 0 Å². The Morgan fingerprint density at radius 3 is 2.60 bits per heavy atom. The predicted molar refractivity (Wildman–Crippen MR) is 42.6 cm³/mol. The fourth-order valence-corrected chi connectivity index (χ4v) is 1.98. The predicted octanol–water partition coefficient (Wildman–Crippen LogP) is 1.69. The molecule has 2 aliphatic rings. The first-order chi connectivity index (χ1) is 4.88. The molecule has 2 aliphatic carbocycles. The number of hydrogen-bond acceptors (Lipinski definition) is 1. The van der Waals surface area contributed by atoms with Gasteiger partial charge in [0, 0.05) is 6.04 Å². The van der Waals surface area contributed by atoms with Gasteiger partial charge >= 0.3 is 0 Å². The summed E-state index contributed by atoms with van der Waals surface area (Å²) in [6, 6.07) is 0.552. The Balaban J connectivity index is 1.88. The molecule has 1 nitrogen and oxygen atoms in total. The molecule has 0 heterocycles. The standard InChI is InChI=1S/C9H15N/c10-9-6-8(9)7-4-2-1-3-5-7/h1-2,7-9H,3-6,10H2/t7?,8-,9+/m0/s1. The summed E-state index contributed by atoms with van der Waals surface area (Å²) in [6.07, 6.45) is 9.86. The zero-order chi connectivity index (χ0) is 6.97. The molecule has 10 heavy (non-hydrogen) atoms. The number of hydrogen-bond donors (Lipinski definition) is 1. The van der Waals surface area contributed by atoms with Crippen molar-refractivity contribution in [2.75, 3.05) is 0 Å². The average Bonchev–Trinajstić information content (AvgIpc) is 2.69. The quantitative estimate of drug-likeness (QED) is 0.547. The molecule has 1 saturated carbocycles. The van der Waals surface area contributed by atoms with Crippen LogP contribution in [0.15, 0.2) is 12.2 Å². The van der Waals surface area contributed by atoms with E-state index in [1.165, 1.54) is 25.7 Å². The van der Waals surface area contributed by atoms with Gasteiger partial charge in [0.05, 0.1) is 0 Å². The monoisotopic (exact) mass is 137 g/mol. The maximum absolute atomic E-state index is 5.77. The zero-order valence-corrected chi connectivity index (χ0v) is 6.29. The van der Waals surface area contributed by atoms with Crippen LogP contribution >= 0.6 is 0 Å². The van der Waals surface area contributed by atoms with Gasteiger partial charge in [-0.25, -0.2) is 0 Å². The summed E-state index contributed by atoms with van der Waals surface area (Å²) in [5, 5.41) is 0. The van der Waals surface area contributed by atoms with Crippen LogP contribution in [0.1, 0.15) is 25.7 Å². The summed E-state index contributed by atoms with van der Waals surface area (Å²) >= 11 is 0. The number of rotatable bonds is 1. The van der Waals surface area contributed by atoms with E-state index in [9.17, 15) is 0 Å². The molecule has 0 aromatic heterocycles. The molecular weight excluding hydrogens is 122 g/mol. The molecule has 0 aromatic carbocycles. The largest absolute Gasteiger partial charge is 0.327 e. The van der Waals surface area contributed by atoms with Crippen molar-refractivity contribution in [1.82, 2.24) is 0 Å². The van der Waals surface area contributed by atoms with Gasteiger partial charge in [-0.3, -0.25) is 0 Å². The highest BCUT2D eigenvalue weighted by molar-refractivity contribution is 5.00. The normalized spacial score (nSPS) is 45.5. The van der Waals surface area contributed by atoms with Crippen LogP contribution in [0.5, 0.6) is 0 Å². The van der Waals surface area contributed by atoms with Gasteiger partial charge in [-0.05, 0) is 37.5 Å². The van der Waals surface area contributed by atoms with Crippen LogP contribution in [0, 0.1) is 11.8 Å². The molecule has 0 spiro atoms. The summed E-state index contributed by atoms with van der Waals surface area (Å²) in [4.78, 5) is 0. The van der Waals surface area contributed by atoms with Crippen molar-refractivity contribution in [2.24, 2.45) is 17.6 Å². The highest BCUT2D eigenvalue weighted by Crippen LogP contribution is 2.41. The topological polar surface area (TPSA) is 26.0 Å². The Kier molecular flexibility index (Phi) is 1.53. The molecule has 3 atom stereocenters. The second kappa shape index (κ2) is 2.39. The van der Waals surface area contributed by atoms with E-state index in [2.05, 4.69) is 12.2 Å². The van der Waals surface area contributed by atoms with Crippen molar-refractivity contribution in [3.8, 4) is 0 Å². The average molecular weight is 137 g/mol. The SMILES string of the molecule is N[C@@H]1C[C@H]1C1CC=CCC1. The Bertz CT molecular complexity index is 151. The van der Waals surface area contributed by atoms with Crippen molar-refractivity contribution in [3.63, 3.8) is 0 Å². The minimum Gasteiger partial charge on any atom is -0.327 e. The highest BCUT2D eigenvalue weighted by Gasteiger charge is 2.39. The van der Waals surface area contributed by atoms with Gasteiger partial charge in [-0.1, -0.05) is 12.2 Å². The maximum Gasteiger partial charge on any atom is 0.00738 e. The molecule has 2 rings (SSSR count). The highest BCUT2D eigenvalue weighted by atomic mass is 14.7. The molecule has 1 heteroatoms. The second-order valence-corrected chi connectivity index (χ2v) is 3.61. The lowest BCUT2D eigenvalue weighted by Crippen LogP contribution is -2.11. The molecule has 0 saturated heterocycles. The first kappa shape index (κ1) is 6.41. The van der Waals surface area contributed by atoms with Crippen LogP contribution in [-0.4, -0.2) is 6.04 Å². The van der Waals surface area contributed by atoms with Gasteiger partial charge in [0.15, 0.2) is 0 Å². The summed E-state index contributed by atoms with van der Waals surface area (Å²) in [6.45, 7) is 0. The maximum atomic E-state index is 5.77. The third kappa shape index (κ3) is 1.10. The fraction of sp³-hybridized carbons (Fsp3) is 0.778. The van der Waals surface area contributed by atoms with Crippen molar-refractivity contribution in [3.05, 3.63) is 12.2 Å². The van der Waals surface area contributed by atoms with E-state index in [0.717, 1.165) is 11.8 Å². The lowest BCUT2D eigenvalue weighted by atomic mass is 9.90. The minimum atomic E-state index is 0.552. The van der Waals surface area contributed by atoms with E-state index >= 15 is 0 Å². The lowest BCUT2D eigenvalue weighted by molar-refractivity contribution is 0.415. The molecule has 0 aliphatic heterocycles. The molecule has 0 aromatic rings. The van der Waals surface area contributed by atoms with Gasteiger partial charge in [-0.2, -0.15) is 0 Å². The molecule has 1 unspecified atom stereocenters. The van der Waals surface area contributed by atoms with E-state index in [4.69, 9.17) is 5.73 Å². The van der Waals surface area contributed by atoms with Gasteiger partial charge < -0.3 is 5.73 Å². The molecule has 0 bridgehead atoms. The second-order valence-electron chi connectivity index (χ2n) is 3.61. The molecule has 2 N–H and O–H groups in total. The summed E-state index contributed by atoms with van der Waals surface area (Å²) < 4.78 is 0. The summed E-state index contributed by atoms with van der Waals surface area (Å²) in [5.74, 6) is 1.81. The van der Waals surface area contributed by atoms with Crippen LogP contribution in [-0.2, 0) is 0 Å². The van der Waals surface area contributed by atoms with E-state index in [0.29, 0.717) is 6.04 Å². The van der Waals surface area contributed by atoms with Crippen molar-refractivity contribution < 1.29 is 0 Å². The van der Waals surface area contributed by atoms with Gasteiger partial charge in [0.25, 0.3) is 0 Å². The van der Waals surface area contributed by atoms with Crippen LogP contribution < -0.4 is 5.73 Å². The Morgan fingerprint density at radius 1 is 1.30 bits per heavy atom. The first-order valence-electron chi connectivity index (χ1n) is 4.28. The molecular formula is C9H15N. The van der Waals surface area contributed by atoms with E-state index in [1.54, 1.807) is 0 Å². The molecule has 0 radical (unpaired) electrons. The van der Waals surface area contributed by atoms with Crippen LogP contribution in [0.3, 0.4) is 0 Å². The fourth-order valence-electron chi connectivity index (χ4n) is 1.98. The van der Waals surface area contributed by atoms with E-state index in [-0.39, 0.29) is 0 Å². The number of allylic oxidation sites excluding steroid dienone is 2. The van der Waals surface area contributed by atoms with Gasteiger partial charge in [0.2, 0.25) is 0 Å². The summed E-state index contributed by atoms with van der Waals surface area (Å²) in [7, 11) is 0. The van der Waals surface area contributed by atoms with E-state index < -0.39 is 0 Å². The zero-order valence-electron chi connectivity index (χ0n) is 6.29. The van der Waals surface area contributed by atoms with Crippen molar-refractivity contribution in [2.45, 2.75) is 31.7 Å². The van der Waals surface area contributed by atoms with Crippen molar-refractivity contribution >= 4 is 0 Å². The lowest BCUT2D eigenvalue weighted by Gasteiger charge is -2.16. The summed E-state index contributed by atoms with van der Waals surface area (Å²) in [5.41, 5.74) is 5.77. The first-order valence-corrected chi connectivity index (χ1v) is 4.28. The Labute approximate surface area is 62.3 Å². The van der Waals surface area contributed by atoms with Crippen molar-refractivity contribution in [1.29, 1.82) is 0 Å². The molecule has 1 fully saturated rings. The van der Waals surface area contributed by atoms with Gasteiger partial charge in [0.1, 0.15) is 0 Å². The van der Waals surface area contributed by atoms with Crippen LogP contribution in [0.4, 0.5) is 0 Å².